The first-order chi connectivity index (χ1) is 9.62. The van der Waals surface area contributed by atoms with Gasteiger partial charge in [0.2, 0.25) is 0 Å². The van der Waals surface area contributed by atoms with Gasteiger partial charge in [-0.25, -0.2) is 8.78 Å². The molecule has 114 valence electrons. The van der Waals surface area contributed by atoms with Crippen LogP contribution < -0.4 is 14.8 Å². The molecule has 1 rings (SSSR count). The van der Waals surface area contributed by atoms with Crippen molar-refractivity contribution in [3.63, 3.8) is 0 Å². The van der Waals surface area contributed by atoms with E-state index in [2.05, 4.69) is 5.32 Å². The molecule has 0 heterocycles. The minimum absolute atomic E-state index is 0.0338. The second-order valence-corrected chi connectivity index (χ2v) is 4.20. The normalized spacial score (nSPS) is 12.5. The van der Waals surface area contributed by atoms with Crippen LogP contribution in [0, 0.1) is 0 Å². The van der Waals surface area contributed by atoms with E-state index in [0.29, 0.717) is 17.9 Å². The van der Waals surface area contributed by atoms with Crippen molar-refractivity contribution in [1.29, 1.82) is 0 Å². The Morgan fingerprint density at radius 1 is 1.20 bits per heavy atom. The Kier molecular flexibility index (Phi) is 7.25. The van der Waals surface area contributed by atoms with Gasteiger partial charge in [0.05, 0.1) is 14.2 Å². The van der Waals surface area contributed by atoms with Gasteiger partial charge < -0.3 is 19.5 Å². The number of benzene rings is 1. The predicted molar refractivity (Wildman–Crippen MR) is 72.8 cm³/mol. The van der Waals surface area contributed by atoms with Crippen LogP contribution in [0.1, 0.15) is 18.0 Å². The molecule has 1 aromatic rings. The number of ether oxygens (including phenoxy) is 3. The molecular weight excluding hydrogens is 268 g/mol. The van der Waals surface area contributed by atoms with Crippen LogP contribution in [-0.4, -0.2) is 40.9 Å². The summed E-state index contributed by atoms with van der Waals surface area (Å²) < 4.78 is 39.4. The molecule has 20 heavy (non-hydrogen) atoms. The molecule has 1 unspecified atom stereocenters. The van der Waals surface area contributed by atoms with Crippen molar-refractivity contribution >= 4 is 0 Å². The van der Waals surface area contributed by atoms with Crippen molar-refractivity contribution in [1.82, 2.24) is 5.32 Å². The molecule has 0 spiro atoms. The monoisotopic (exact) mass is 289 g/mol. The van der Waals surface area contributed by atoms with Crippen LogP contribution in [0.4, 0.5) is 8.78 Å². The molecule has 1 atom stereocenters. The van der Waals surface area contributed by atoms with Gasteiger partial charge in [-0.05, 0) is 19.5 Å². The maximum Gasteiger partial charge on any atom is 0.261 e. The van der Waals surface area contributed by atoms with Crippen LogP contribution in [-0.2, 0) is 4.74 Å². The number of halogens is 2. The molecule has 6 heteroatoms. The highest BCUT2D eigenvalue weighted by molar-refractivity contribution is 5.42. The fourth-order valence-corrected chi connectivity index (χ4v) is 1.94. The fraction of sp³-hybridized carbons (Fsp3) is 0.571. The van der Waals surface area contributed by atoms with Gasteiger partial charge in [-0.3, -0.25) is 0 Å². The van der Waals surface area contributed by atoms with E-state index in [1.54, 1.807) is 27.3 Å². The van der Waals surface area contributed by atoms with Crippen molar-refractivity contribution < 1.29 is 23.0 Å². The van der Waals surface area contributed by atoms with Gasteiger partial charge in [0, 0.05) is 24.3 Å². The molecule has 0 bridgehead atoms. The first-order valence-corrected chi connectivity index (χ1v) is 6.37. The summed E-state index contributed by atoms with van der Waals surface area (Å²) in [5, 5.41) is 3.13. The summed E-state index contributed by atoms with van der Waals surface area (Å²) in [7, 11) is 4.97. The Hall–Kier alpha value is -1.40. The van der Waals surface area contributed by atoms with Crippen LogP contribution in [0.3, 0.4) is 0 Å². The maximum atomic E-state index is 12.0. The van der Waals surface area contributed by atoms with E-state index in [-0.39, 0.29) is 12.6 Å². The lowest BCUT2D eigenvalue weighted by molar-refractivity contribution is 0.0145. The predicted octanol–water partition coefficient (Wildman–Crippen LogP) is 2.64. The molecule has 1 aromatic carbocycles. The number of hydrogen-bond donors (Lipinski definition) is 1. The minimum Gasteiger partial charge on any atom is -0.497 e. The zero-order chi connectivity index (χ0) is 15.0. The van der Waals surface area contributed by atoms with E-state index in [1.807, 2.05) is 12.1 Å². The van der Waals surface area contributed by atoms with Gasteiger partial charge in [-0.15, -0.1) is 0 Å². The van der Waals surface area contributed by atoms with Gasteiger partial charge >= 0.3 is 0 Å². The van der Waals surface area contributed by atoms with Crippen molar-refractivity contribution in [2.24, 2.45) is 0 Å². The van der Waals surface area contributed by atoms with Gasteiger partial charge in [-0.2, -0.15) is 0 Å². The molecule has 0 fully saturated rings. The van der Waals surface area contributed by atoms with Gasteiger partial charge in [0.25, 0.3) is 6.43 Å². The first kappa shape index (κ1) is 16.7. The number of hydrogen-bond acceptors (Lipinski definition) is 4. The summed E-state index contributed by atoms with van der Waals surface area (Å²) in [6.45, 7) is -0.277. The minimum atomic E-state index is -2.43. The van der Waals surface area contributed by atoms with Gasteiger partial charge in [0.1, 0.15) is 18.1 Å². The molecule has 0 amide bonds. The lowest BCUT2D eigenvalue weighted by atomic mass is 10.0. The summed E-state index contributed by atoms with van der Waals surface area (Å²) in [6, 6.07) is 5.49. The first-order valence-electron chi connectivity index (χ1n) is 6.37. The lowest BCUT2D eigenvalue weighted by Crippen LogP contribution is -2.20. The maximum absolute atomic E-state index is 12.0. The van der Waals surface area contributed by atoms with Crippen LogP contribution in [0.5, 0.6) is 11.5 Å². The average molecular weight is 289 g/mol. The SMILES string of the molecule is CNC(CCOCC(F)F)c1ccc(OC)cc1OC. The molecule has 0 saturated carbocycles. The molecule has 0 radical (unpaired) electrons. The van der Waals surface area contributed by atoms with Crippen molar-refractivity contribution in [2.75, 3.05) is 34.5 Å². The molecular formula is C14H21F2NO3. The number of alkyl halides is 2. The summed E-state index contributed by atoms with van der Waals surface area (Å²) in [5.41, 5.74) is 0.941. The summed E-state index contributed by atoms with van der Waals surface area (Å²) in [6.07, 6.45) is -1.86. The zero-order valence-corrected chi connectivity index (χ0v) is 12.0. The summed E-state index contributed by atoms with van der Waals surface area (Å²) >= 11 is 0. The van der Waals surface area contributed by atoms with Crippen molar-refractivity contribution in [2.45, 2.75) is 18.9 Å². The van der Waals surface area contributed by atoms with E-state index in [0.717, 1.165) is 5.56 Å². The van der Waals surface area contributed by atoms with Crippen LogP contribution in [0.2, 0.25) is 0 Å². The number of rotatable bonds is 9. The average Bonchev–Trinajstić information content (AvgIpc) is 2.46. The largest absolute Gasteiger partial charge is 0.497 e. The fourth-order valence-electron chi connectivity index (χ4n) is 1.94. The quantitative estimate of drug-likeness (QED) is 0.709. The van der Waals surface area contributed by atoms with Gasteiger partial charge in [0.15, 0.2) is 0 Å². The lowest BCUT2D eigenvalue weighted by Gasteiger charge is -2.20. The van der Waals surface area contributed by atoms with E-state index >= 15 is 0 Å². The van der Waals surface area contributed by atoms with E-state index in [9.17, 15) is 8.78 Å². The second-order valence-electron chi connectivity index (χ2n) is 4.20. The zero-order valence-electron chi connectivity index (χ0n) is 12.0. The van der Waals surface area contributed by atoms with Crippen LogP contribution in [0.25, 0.3) is 0 Å². The standard InChI is InChI=1S/C14H21F2NO3/c1-17-12(6-7-20-9-14(15)16)11-5-4-10(18-2)8-13(11)19-3/h4-5,8,12,14,17H,6-7,9H2,1-3H3. The summed E-state index contributed by atoms with van der Waals surface area (Å²) in [4.78, 5) is 0. The summed E-state index contributed by atoms with van der Waals surface area (Å²) in [5.74, 6) is 1.40. The molecule has 0 aliphatic carbocycles. The highest BCUT2D eigenvalue weighted by atomic mass is 19.3. The topological polar surface area (TPSA) is 39.7 Å². The Balaban J connectivity index is 2.68. The Morgan fingerprint density at radius 2 is 1.95 bits per heavy atom. The Labute approximate surface area is 118 Å². The highest BCUT2D eigenvalue weighted by Crippen LogP contribution is 2.30. The van der Waals surface area contributed by atoms with E-state index in [4.69, 9.17) is 14.2 Å². The molecule has 1 N–H and O–H groups in total. The Morgan fingerprint density at radius 3 is 2.50 bits per heavy atom. The van der Waals surface area contributed by atoms with E-state index in [1.165, 1.54) is 0 Å². The molecule has 0 saturated heterocycles. The second kappa shape index (κ2) is 8.71. The smallest absolute Gasteiger partial charge is 0.261 e. The van der Waals surface area contributed by atoms with Crippen LogP contribution in [0.15, 0.2) is 18.2 Å². The third-order valence-electron chi connectivity index (χ3n) is 2.96. The Bertz CT molecular complexity index is 402. The molecule has 4 nitrogen and oxygen atoms in total. The van der Waals surface area contributed by atoms with Crippen molar-refractivity contribution in [3.05, 3.63) is 23.8 Å². The van der Waals surface area contributed by atoms with Crippen molar-refractivity contribution in [3.8, 4) is 11.5 Å². The number of nitrogens with one attached hydrogen (secondary N) is 1. The van der Waals surface area contributed by atoms with Crippen LogP contribution >= 0.6 is 0 Å². The molecule has 0 aliphatic rings. The molecule has 0 aromatic heterocycles. The third-order valence-corrected chi connectivity index (χ3v) is 2.96. The van der Waals surface area contributed by atoms with E-state index < -0.39 is 13.0 Å². The molecule has 0 aliphatic heterocycles. The highest BCUT2D eigenvalue weighted by Gasteiger charge is 2.15. The third kappa shape index (κ3) is 4.94. The van der Waals surface area contributed by atoms with Gasteiger partial charge in [-0.1, -0.05) is 6.07 Å². The number of methoxy groups -OCH3 is 2.